The highest BCUT2D eigenvalue weighted by molar-refractivity contribution is 7.97. The van der Waals surface area contributed by atoms with Gasteiger partial charge in [0, 0.05) is 23.3 Å². The fraction of sp³-hybridized carbons (Fsp3) is 0.154. The van der Waals surface area contributed by atoms with Crippen LogP contribution in [0.1, 0.15) is 17.7 Å². The van der Waals surface area contributed by atoms with Crippen LogP contribution in [-0.2, 0) is 28.8 Å². The predicted molar refractivity (Wildman–Crippen MR) is 138 cm³/mol. The number of anilines is 1. The number of rotatable bonds is 9. The summed E-state index contributed by atoms with van der Waals surface area (Å²) in [5, 5.41) is 13.9. The molecule has 1 fully saturated rings. The molecule has 0 aliphatic carbocycles. The van der Waals surface area contributed by atoms with Crippen LogP contribution in [0.4, 0.5) is 10.5 Å². The quantitative estimate of drug-likeness (QED) is 0.215. The Kier molecular flexibility index (Phi) is 7.55. The van der Waals surface area contributed by atoms with Gasteiger partial charge >= 0.3 is 12.0 Å². The number of hydrogen-bond acceptors (Lipinski definition) is 6. The van der Waals surface area contributed by atoms with Gasteiger partial charge in [0.1, 0.15) is 18.0 Å². The summed E-state index contributed by atoms with van der Waals surface area (Å²) in [6.45, 7) is 1.45. The normalized spacial score (nSPS) is 15.8. The number of carboxylic acid groups (broad SMARTS) is 1. The smallest absolute Gasteiger partial charge is 0.329 e. The van der Waals surface area contributed by atoms with Crippen molar-refractivity contribution < 1.29 is 33.0 Å². The number of aliphatic carboxylic acids is 1. The Bertz CT molecular complexity index is 1480. The Morgan fingerprint density at radius 3 is 2.42 bits per heavy atom. The standard InChI is InChI=1S/C26H24N4O7S/c1-17-4-6-18(7-5-17)27-23(31)16-30-25(34)22(28-26(30)35)15-20-3-2-13-29(20)19-8-10-21(11-9-19)38(36,37)14-12-24(32)33/h2-11,13,15H,12,14,16H2,1H3,(H3-,27,28,31,32,33,35,36,37)/b22-15-. The van der Waals surface area contributed by atoms with Crippen molar-refractivity contribution in [3.63, 3.8) is 0 Å². The fourth-order valence-electron chi connectivity index (χ4n) is 3.74. The number of hydrogen-bond donors (Lipinski definition) is 3. The lowest BCUT2D eigenvalue weighted by Crippen LogP contribution is -2.38. The Morgan fingerprint density at radius 1 is 1.08 bits per heavy atom. The van der Waals surface area contributed by atoms with Crippen molar-refractivity contribution in [1.82, 2.24) is 14.8 Å². The maximum absolute atomic E-state index is 12.9. The third kappa shape index (κ3) is 6.05. The number of sulfone groups is 1. The van der Waals surface area contributed by atoms with Crippen molar-refractivity contribution in [2.45, 2.75) is 18.2 Å². The summed E-state index contributed by atoms with van der Waals surface area (Å²) in [4.78, 5) is 49.2. The second-order valence-electron chi connectivity index (χ2n) is 8.55. The molecule has 2 heterocycles. The monoisotopic (exact) mass is 536 g/mol. The molecule has 196 valence electrons. The topological polar surface area (TPSA) is 161 Å². The number of nitrogens with zero attached hydrogens (tertiary/aromatic N) is 2. The number of urea groups is 1. The highest BCUT2D eigenvalue weighted by Crippen LogP contribution is 2.23. The Balaban J connectivity index is 1.47. The number of amides is 4. The zero-order chi connectivity index (χ0) is 27.4. The molecule has 1 atom stereocenters. The molecule has 38 heavy (non-hydrogen) atoms. The van der Waals surface area contributed by atoms with Gasteiger partial charge < -0.3 is 24.9 Å². The van der Waals surface area contributed by atoms with Gasteiger partial charge in [0.25, 0.3) is 5.91 Å². The van der Waals surface area contributed by atoms with E-state index in [2.05, 4.69) is 10.6 Å². The van der Waals surface area contributed by atoms with E-state index in [1.54, 1.807) is 47.2 Å². The van der Waals surface area contributed by atoms with Gasteiger partial charge in [0.05, 0.1) is 16.6 Å². The molecule has 12 heteroatoms. The predicted octanol–water partition coefficient (Wildman–Crippen LogP) is 2.78. The van der Waals surface area contributed by atoms with Crippen LogP contribution in [0, 0.1) is 6.92 Å². The SMILES string of the molecule is Cc1ccc(NC(=O)CN2C(=O)N/C(=C\c3cccn3-c3ccc([S+](=O)([O-])CCC(=O)O)cc3)C2=O)cc1. The van der Waals surface area contributed by atoms with Gasteiger partial charge in [-0.05, 0) is 61.5 Å². The van der Waals surface area contributed by atoms with E-state index in [4.69, 9.17) is 5.11 Å². The minimum atomic E-state index is -3.75. The first-order valence-electron chi connectivity index (χ1n) is 11.5. The lowest BCUT2D eigenvalue weighted by molar-refractivity contribution is -0.136. The van der Waals surface area contributed by atoms with Crippen LogP contribution in [0.25, 0.3) is 11.8 Å². The van der Waals surface area contributed by atoms with Crippen molar-refractivity contribution >= 4 is 45.8 Å². The molecule has 3 N–H and O–H groups in total. The van der Waals surface area contributed by atoms with E-state index in [1.165, 1.54) is 18.2 Å². The molecule has 1 aliphatic heterocycles. The largest absolute Gasteiger partial charge is 0.610 e. The number of imide groups is 1. The van der Waals surface area contributed by atoms with Gasteiger partial charge in [0.2, 0.25) is 5.91 Å². The second-order valence-corrected chi connectivity index (χ2v) is 10.7. The van der Waals surface area contributed by atoms with Gasteiger partial charge in [-0.15, -0.1) is 4.21 Å². The fourth-order valence-corrected chi connectivity index (χ4v) is 4.97. The third-order valence-electron chi connectivity index (χ3n) is 5.73. The van der Waals surface area contributed by atoms with Gasteiger partial charge in [-0.2, -0.15) is 0 Å². The molecule has 4 amide bonds. The summed E-state index contributed by atoms with van der Waals surface area (Å²) in [6, 6.07) is 15.6. The Hall–Kier alpha value is -4.55. The average Bonchev–Trinajstić information content (AvgIpc) is 3.44. The Morgan fingerprint density at radius 2 is 1.76 bits per heavy atom. The van der Waals surface area contributed by atoms with Crippen molar-refractivity contribution in [3.8, 4) is 5.69 Å². The highest BCUT2D eigenvalue weighted by Gasteiger charge is 2.35. The van der Waals surface area contributed by atoms with Gasteiger partial charge in [0.15, 0.2) is 4.90 Å². The molecular weight excluding hydrogens is 512 g/mol. The van der Waals surface area contributed by atoms with E-state index in [0.29, 0.717) is 17.1 Å². The van der Waals surface area contributed by atoms with E-state index in [0.717, 1.165) is 10.5 Å². The minimum Gasteiger partial charge on any atom is -0.610 e. The molecule has 3 aromatic rings. The number of carbonyl (C=O) groups excluding carboxylic acids is 3. The van der Waals surface area contributed by atoms with E-state index in [1.807, 2.05) is 19.1 Å². The van der Waals surface area contributed by atoms with Crippen LogP contribution in [0.2, 0.25) is 0 Å². The number of carbonyl (C=O) groups is 4. The van der Waals surface area contributed by atoms with Crippen LogP contribution < -0.4 is 10.6 Å². The van der Waals surface area contributed by atoms with Crippen molar-refractivity contribution in [3.05, 3.63) is 83.8 Å². The molecule has 1 aliphatic rings. The maximum Gasteiger partial charge on any atom is 0.329 e. The molecule has 0 saturated carbocycles. The molecule has 1 unspecified atom stereocenters. The van der Waals surface area contributed by atoms with Crippen LogP contribution >= 0.6 is 0 Å². The molecule has 0 bridgehead atoms. The first-order valence-corrected chi connectivity index (χ1v) is 13.1. The number of aryl methyl sites for hydroxylation is 1. The summed E-state index contributed by atoms with van der Waals surface area (Å²) >= 11 is 0. The summed E-state index contributed by atoms with van der Waals surface area (Å²) in [6.07, 6.45) is 2.65. The molecule has 2 aromatic carbocycles. The van der Waals surface area contributed by atoms with E-state index in [-0.39, 0.29) is 10.6 Å². The zero-order valence-electron chi connectivity index (χ0n) is 20.2. The molecule has 1 aromatic heterocycles. The molecule has 1 saturated heterocycles. The van der Waals surface area contributed by atoms with E-state index in [9.17, 15) is 27.9 Å². The third-order valence-corrected chi connectivity index (χ3v) is 7.46. The van der Waals surface area contributed by atoms with E-state index < -0.39 is 52.7 Å². The first-order chi connectivity index (χ1) is 18.0. The maximum atomic E-state index is 12.9. The summed E-state index contributed by atoms with van der Waals surface area (Å²) in [5.41, 5.74) is 2.63. The molecule has 0 radical (unpaired) electrons. The average molecular weight is 537 g/mol. The number of benzene rings is 2. The molecule has 11 nitrogen and oxygen atoms in total. The summed E-state index contributed by atoms with van der Waals surface area (Å²) < 4.78 is 26.3. The van der Waals surface area contributed by atoms with Gasteiger partial charge in [-0.3, -0.25) is 14.4 Å². The van der Waals surface area contributed by atoms with Crippen LogP contribution in [0.3, 0.4) is 0 Å². The Labute approximate surface area is 219 Å². The molecule has 4 rings (SSSR count). The molecular formula is C26H24N4O7S. The van der Waals surface area contributed by atoms with Crippen LogP contribution in [0.15, 0.2) is 77.5 Å². The van der Waals surface area contributed by atoms with E-state index >= 15 is 0 Å². The number of aromatic nitrogens is 1. The molecule has 0 spiro atoms. The second kappa shape index (κ2) is 10.8. The van der Waals surface area contributed by atoms with Gasteiger partial charge in [-0.25, -0.2) is 9.69 Å². The van der Waals surface area contributed by atoms with Crippen molar-refractivity contribution in [2.75, 3.05) is 17.6 Å². The minimum absolute atomic E-state index is 0.00708. The zero-order valence-corrected chi connectivity index (χ0v) is 21.1. The lowest BCUT2D eigenvalue weighted by atomic mass is 10.2. The lowest BCUT2D eigenvalue weighted by Gasteiger charge is -2.14. The first kappa shape index (κ1) is 26.5. The number of carboxylic acids is 1. The number of nitrogens with one attached hydrogen (secondary N) is 2. The van der Waals surface area contributed by atoms with Crippen molar-refractivity contribution in [1.29, 1.82) is 0 Å². The summed E-state index contributed by atoms with van der Waals surface area (Å²) in [5.74, 6) is -2.90. The van der Waals surface area contributed by atoms with Crippen LogP contribution in [0.5, 0.6) is 0 Å². The van der Waals surface area contributed by atoms with Gasteiger partial charge in [-0.1, -0.05) is 17.7 Å². The highest BCUT2D eigenvalue weighted by atomic mass is 32.3. The van der Waals surface area contributed by atoms with Crippen molar-refractivity contribution in [2.24, 2.45) is 0 Å². The summed E-state index contributed by atoms with van der Waals surface area (Å²) in [7, 11) is -3.75. The van der Waals surface area contributed by atoms with Crippen LogP contribution in [-0.4, -0.2) is 55.2 Å².